The van der Waals surface area contributed by atoms with Gasteiger partial charge in [-0.1, -0.05) is 23.7 Å². The van der Waals surface area contributed by atoms with Crippen molar-refractivity contribution in [3.8, 4) is 5.69 Å². The fraction of sp³-hybridized carbons (Fsp3) is 0.308. The molecule has 0 N–H and O–H groups in total. The van der Waals surface area contributed by atoms with E-state index >= 15 is 0 Å². The molecule has 35 heavy (non-hydrogen) atoms. The molecule has 178 valence electrons. The first kappa shape index (κ1) is 22.0. The highest BCUT2D eigenvalue weighted by Gasteiger charge is 2.30. The lowest BCUT2D eigenvalue weighted by molar-refractivity contribution is 0.0766. The molecule has 4 aromatic rings. The molecule has 1 amide bonds. The van der Waals surface area contributed by atoms with E-state index < -0.39 is 5.82 Å². The second-order valence-corrected chi connectivity index (χ2v) is 9.53. The Labute approximate surface area is 207 Å². The number of hydrogen-bond donors (Lipinski definition) is 0. The first-order valence-electron chi connectivity index (χ1n) is 11.9. The van der Waals surface area contributed by atoms with E-state index in [2.05, 4.69) is 10.00 Å². The molecule has 2 aromatic carbocycles. The van der Waals surface area contributed by atoms with Crippen molar-refractivity contribution < 1.29 is 9.18 Å². The van der Waals surface area contributed by atoms with Crippen LogP contribution in [0.3, 0.4) is 0 Å². The zero-order chi connectivity index (χ0) is 23.9. The number of nitrogens with zero attached hydrogens (tertiary/aromatic N) is 6. The van der Waals surface area contributed by atoms with Crippen molar-refractivity contribution in [2.24, 2.45) is 0 Å². The molecule has 7 nitrogen and oxygen atoms in total. The topological polar surface area (TPSA) is 67.2 Å². The molecule has 6 rings (SSSR count). The van der Waals surface area contributed by atoms with Gasteiger partial charge in [-0.15, -0.1) is 0 Å². The highest BCUT2D eigenvalue weighted by atomic mass is 35.5. The predicted molar refractivity (Wildman–Crippen MR) is 133 cm³/mol. The smallest absolute Gasteiger partial charge is 0.254 e. The molecule has 9 heteroatoms. The van der Waals surface area contributed by atoms with Crippen LogP contribution in [-0.4, -0.2) is 56.7 Å². The van der Waals surface area contributed by atoms with Crippen molar-refractivity contribution in [2.45, 2.75) is 25.2 Å². The minimum Gasteiger partial charge on any atom is -0.354 e. The summed E-state index contributed by atoms with van der Waals surface area (Å²) in [5, 5.41) is 6.14. The van der Waals surface area contributed by atoms with Gasteiger partial charge in [0.15, 0.2) is 5.65 Å². The van der Waals surface area contributed by atoms with Crippen molar-refractivity contribution >= 4 is 34.4 Å². The first-order valence-corrected chi connectivity index (χ1v) is 12.3. The van der Waals surface area contributed by atoms with Gasteiger partial charge >= 0.3 is 0 Å². The Hall–Kier alpha value is -3.52. The van der Waals surface area contributed by atoms with E-state index in [1.165, 1.54) is 12.1 Å². The van der Waals surface area contributed by atoms with Gasteiger partial charge in [0.2, 0.25) is 0 Å². The number of aromatic nitrogens is 4. The number of amides is 1. The lowest BCUT2D eigenvalue weighted by atomic mass is 10.2. The maximum absolute atomic E-state index is 13.7. The lowest BCUT2D eigenvalue weighted by Crippen LogP contribution is -2.35. The summed E-state index contributed by atoms with van der Waals surface area (Å²) in [5.74, 6) is 1.52. The Bertz CT molecular complexity index is 1420. The molecule has 2 fully saturated rings. The van der Waals surface area contributed by atoms with Crippen LogP contribution in [0.2, 0.25) is 5.02 Å². The van der Waals surface area contributed by atoms with Crippen LogP contribution in [0.4, 0.5) is 10.2 Å². The normalized spacial score (nSPS) is 16.5. The molecular formula is C26H24ClFN6O. The number of halogens is 2. The number of rotatable bonds is 4. The predicted octanol–water partition coefficient (Wildman–Crippen LogP) is 4.84. The number of carbonyl (C=O) groups excluding carboxylic acids is 1. The lowest BCUT2D eigenvalue weighted by Gasteiger charge is -2.24. The minimum atomic E-state index is -0.403. The number of fused-ring (bicyclic) bond motifs is 1. The highest BCUT2D eigenvalue weighted by molar-refractivity contribution is 6.30. The maximum atomic E-state index is 13.7. The van der Waals surface area contributed by atoms with Crippen molar-refractivity contribution in [1.29, 1.82) is 0 Å². The summed E-state index contributed by atoms with van der Waals surface area (Å²) in [6.45, 7) is 2.52. The molecule has 1 aliphatic heterocycles. The largest absolute Gasteiger partial charge is 0.354 e. The third-order valence-corrected chi connectivity index (χ3v) is 6.81. The van der Waals surface area contributed by atoms with Crippen LogP contribution >= 0.6 is 11.6 Å². The molecular weight excluding hydrogens is 467 g/mol. The molecule has 0 spiro atoms. The zero-order valence-electron chi connectivity index (χ0n) is 19.1. The quantitative estimate of drug-likeness (QED) is 0.409. The highest BCUT2D eigenvalue weighted by Crippen LogP contribution is 2.40. The summed E-state index contributed by atoms with van der Waals surface area (Å²) < 4.78 is 15.5. The summed E-state index contributed by atoms with van der Waals surface area (Å²) in [7, 11) is 0. The molecule has 0 bridgehead atoms. The van der Waals surface area contributed by atoms with Gasteiger partial charge in [0, 0.05) is 42.7 Å². The Morgan fingerprint density at radius 2 is 1.86 bits per heavy atom. The Balaban J connectivity index is 1.33. The van der Waals surface area contributed by atoms with E-state index in [4.69, 9.17) is 21.6 Å². The average Bonchev–Trinajstić information content (AvgIpc) is 3.66. The van der Waals surface area contributed by atoms with Crippen LogP contribution in [0.5, 0.6) is 0 Å². The van der Waals surface area contributed by atoms with Crippen LogP contribution in [0, 0.1) is 5.82 Å². The third-order valence-electron chi connectivity index (χ3n) is 6.58. The summed E-state index contributed by atoms with van der Waals surface area (Å²) in [5.41, 5.74) is 1.99. The first-order chi connectivity index (χ1) is 17.1. The van der Waals surface area contributed by atoms with Gasteiger partial charge < -0.3 is 9.80 Å². The van der Waals surface area contributed by atoms with Crippen LogP contribution < -0.4 is 4.90 Å². The molecule has 0 atom stereocenters. The fourth-order valence-corrected chi connectivity index (χ4v) is 4.79. The summed E-state index contributed by atoms with van der Waals surface area (Å²) in [6.07, 6.45) is 4.77. The van der Waals surface area contributed by atoms with Gasteiger partial charge in [0.25, 0.3) is 5.91 Å². The van der Waals surface area contributed by atoms with Gasteiger partial charge in [0.05, 0.1) is 17.3 Å². The van der Waals surface area contributed by atoms with E-state index in [-0.39, 0.29) is 5.91 Å². The fourth-order valence-electron chi connectivity index (χ4n) is 4.61. The van der Waals surface area contributed by atoms with Crippen LogP contribution in [0.25, 0.3) is 16.7 Å². The standard InChI is InChI=1S/C26H24ClFN6O/c27-19-5-2-7-21(15-19)34-25-22(16-29-34)24(30-23(31-25)17-8-9-17)32-10-3-11-33(13-12-32)26(35)18-4-1-6-20(28)14-18/h1-2,4-7,14-17H,3,8-13H2. The van der Waals surface area contributed by atoms with Crippen molar-refractivity contribution in [3.63, 3.8) is 0 Å². The number of anilines is 1. The van der Waals surface area contributed by atoms with Gasteiger partial charge in [-0.25, -0.2) is 19.0 Å². The zero-order valence-corrected chi connectivity index (χ0v) is 19.8. The molecule has 1 saturated carbocycles. The second kappa shape index (κ2) is 8.92. The molecule has 1 saturated heterocycles. The third kappa shape index (κ3) is 4.34. The van der Waals surface area contributed by atoms with Crippen LogP contribution in [-0.2, 0) is 0 Å². The minimum absolute atomic E-state index is 0.147. The Morgan fingerprint density at radius 1 is 1.00 bits per heavy atom. The van der Waals surface area contributed by atoms with Crippen molar-refractivity contribution in [1.82, 2.24) is 24.6 Å². The molecule has 3 heterocycles. The summed E-state index contributed by atoms with van der Waals surface area (Å²) in [6, 6.07) is 13.4. The molecule has 2 aromatic heterocycles. The SMILES string of the molecule is O=C(c1cccc(F)c1)N1CCCN(c2nc(C3CC3)nc3c2cnn3-c2cccc(Cl)c2)CC1. The van der Waals surface area contributed by atoms with Gasteiger partial charge in [0.1, 0.15) is 17.5 Å². The molecule has 2 aliphatic rings. The Kier molecular flexibility index (Phi) is 5.60. The van der Waals surface area contributed by atoms with E-state index in [1.807, 2.05) is 35.1 Å². The maximum Gasteiger partial charge on any atom is 0.254 e. The average molecular weight is 491 g/mol. The molecule has 0 radical (unpaired) electrons. The van der Waals surface area contributed by atoms with Gasteiger partial charge in [-0.05, 0) is 55.7 Å². The second-order valence-electron chi connectivity index (χ2n) is 9.10. The van der Waals surface area contributed by atoms with Crippen molar-refractivity contribution in [2.75, 3.05) is 31.1 Å². The summed E-state index contributed by atoms with van der Waals surface area (Å²) in [4.78, 5) is 26.9. The van der Waals surface area contributed by atoms with Crippen molar-refractivity contribution in [3.05, 3.63) is 77.0 Å². The van der Waals surface area contributed by atoms with E-state index in [0.717, 1.165) is 54.2 Å². The van der Waals surface area contributed by atoms with E-state index in [9.17, 15) is 9.18 Å². The van der Waals surface area contributed by atoms with Gasteiger partial charge in [-0.3, -0.25) is 4.79 Å². The van der Waals surface area contributed by atoms with E-state index in [0.29, 0.717) is 36.1 Å². The van der Waals surface area contributed by atoms with Crippen LogP contribution in [0.15, 0.2) is 54.7 Å². The molecule has 0 unspecified atom stereocenters. The monoisotopic (exact) mass is 490 g/mol. The number of carbonyl (C=O) groups is 1. The Morgan fingerprint density at radius 3 is 2.66 bits per heavy atom. The van der Waals surface area contributed by atoms with Gasteiger partial charge in [-0.2, -0.15) is 5.10 Å². The van der Waals surface area contributed by atoms with Crippen LogP contribution in [0.1, 0.15) is 41.4 Å². The molecule has 1 aliphatic carbocycles. The number of benzene rings is 2. The summed E-state index contributed by atoms with van der Waals surface area (Å²) >= 11 is 6.23. The van der Waals surface area contributed by atoms with E-state index in [1.54, 1.807) is 17.0 Å². The number of hydrogen-bond acceptors (Lipinski definition) is 5.